The Kier molecular flexibility index (Phi) is 4.03. The third kappa shape index (κ3) is 3.39. The Morgan fingerprint density at radius 1 is 1.44 bits per heavy atom. The second-order valence-corrected chi connectivity index (χ2v) is 3.87. The number of hydrogen-bond acceptors (Lipinski definition) is 4. The molecule has 1 aromatic carbocycles. The van der Waals surface area contributed by atoms with Crippen LogP contribution in [-0.2, 0) is 17.9 Å². The minimum atomic E-state index is -0.0559. The average Bonchev–Trinajstić information content (AvgIpc) is 2.90. The predicted octanol–water partition coefficient (Wildman–Crippen LogP) is 0.766. The fourth-order valence-corrected chi connectivity index (χ4v) is 1.57. The molecule has 0 radical (unpaired) electrons. The van der Waals surface area contributed by atoms with Crippen LogP contribution in [0, 0.1) is 0 Å². The van der Waals surface area contributed by atoms with Gasteiger partial charge in [0.05, 0.1) is 12.7 Å². The van der Waals surface area contributed by atoms with Crippen molar-refractivity contribution < 1.29 is 4.79 Å². The SMILES string of the molecule is NCc1cccc(NC(=O)CCn2ccnn2)c1. The summed E-state index contributed by atoms with van der Waals surface area (Å²) in [6.07, 6.45) is 3.67. The third-order valence-electron chi connectivity index (χ3n) is 2.49. The van der Waals surface area contributed by atoms with Crippen LogP contribution in [0.15, 0.2) is 36.7 Å². The summed E-state index contributed by atoms with van der Waals surface area (Å²) in [7, 11) is 0. The smallest absolute Gasteiger partial charge is 0.226 e. The van der Waals surface area contributed by atoms with E-state index in [9.17, 15) is 4.79 Å². The van der Waals surface area contributed by atoms with Gasteiger partial charge in [0.1, 0.15) is 0 Å². The highest BCUT2D eigenvalue weighted by molar-refractivity contribution is 5.90. The molecule has 6 heteroatoms. The fraction of sp³-hybridized carbons (Fsp3) is 0.250. The molecule has 0 fully saturated rings. The first-order chi connectivity index (χ1) is 8.78. The number of nitrogens with zero attached hydrogens (tertiary/aromatic N) is 3. The summed E-state index contributed by atoms with van der Waals surface area (Å²) in [5.74, 6) is -0.0559. The summed E-state index contributed by atoms with van der Waals surface area (Å²) < 4.78 is 1.62. The number of carbonyl (C=O) groups is 1. The van der Waals surface area contributed by atoms with Gasteiger partial charge in [0.25, 0.3) is 0 Å². The van der Waals surface area contributed by atoms with Gasteiger partial charge in [-0.05, 0) is 17.7 Å². The first-order valence-electron chi connectivity index (χ1n) is 5.71. The lowest BCUT2D eigenvalue weighted by molar-refractivity contribution is -0.116. The van der Waals surface area contributed by atoms with Crippen LogP contribution in [-0.4, -0.2) is 20.9 Å². The van der Waals surface area contributed by atoms with E-state index < -0.39 is 0 Å². The fourth-order valence-electron chi connectivity index (χ4n) is 1.57. The zero-order valence-electron chi connectivity index (χ0n) is 9.91. The monoisotopic (exact) mass is 245 g/mol. The Hall–Kier alpha value is -2.21. The number of aromatic nitrogens is 3. The van der Waals surface area contributed by atoms with Crippen LogP contribution in [0.1, 0.15) is 12.0 Å². The summed E-state index contributed by atoms with van der Waals surface area (Å²) in [5, 5.41) is 10.3. The topological polar surface area (TPSA) is 85.8 Å². The largest absolute Gasteiger partial charge is 0.326 e. The van der Waals surface area contributed by atoms with Crippen LogP contribution in [0.2, 0.25) is 0 Å². The molecule has 0 spiro atoms. The first kappa shape index (κ1) is 12.3. The average molecular weight is 245 g/mol. The number of aryl methyl sites for hydroxylation is 1. The van der Waals surface area contributed by atoms with Crippen molar-refractivity contribution in [1.29, 1.82) is 0 Å². The summed E-state index contributed by atoms with van der Waals surface area (Å²) in [6.45, 7) is 0.977. The molecule has 18 heavy (non-hydrogen) atoms. The third-order valence-corrected chi connectivity index (χ3v) is 2.49. The van der Waals surface area contributed by atoms with Crippen LogP contribution in [0.5, 0.6) is 0 Å². The predicted molar refractivity (Wildman–Crippen MR) is 67.6 cm³/mol. The highest BCUT2D eigenvalue weighted by atomic mass is 16.1. The van der Waals surface area contributed by atoms with Crippen molar-refractivity contribution in [2.45, 2.75) is 19.5 Å². The van der Waals surface area contributed by atoms with Crippen molar-refractivity contribution in [3.05, 3.63) is 42.2 Å². The lowest BCUT2D eigenvalue weighted by atomic mass is 10.2. The molecule has 6 nitrogen and oxygen atoms in total. The second kappa shape index (κ2) is 5.92. The Balaban J connectivity index is 1.86. The van der Waals surface area contributed by atoms with Gasteiger partial charge in [0, 0.05) is 24.8 Å². The summed E-state index contributed by atoms with van der Waals surface area (Å²) >= 11 is 0. The van der Waals surface area contributed by atoms with E-state index in [2.05, 4.69) is 15.6 Å². The van der Waals surface area contributed by atoms with Gasteiger partial charge in [-0.1, -0.05) is 17.3 Å². The maximum Gasteiger partial charge on any atom is 0.226 e. The minimum Gasteiger partial charge on any atom is -0.326 e. The van der Waals surface area contributed by atoms with Gasteiger partial charge in [-0.25, -0.2) is 0 Å². The molecule has 1 aromatic heterocycles. The molecule has 0 aliphatic heterocycles. The summed E-state index contributed by atoms with van der Waals surface area (Å²) in [4.78, 5) is 11.7. The zero-order valence-corrected chi connectivity index (χ0v) is 9.91. The highest BCUT2D eigenvalue weighted by Crippen LogP contribution is 2.10. The maximum atomic E-state index is 11.7. The van der Waals surface area contributed by atoms with Gasteiger partial charge < -0.3 is 11.1 Å². The van der Waals surface area contributed by atoms with Gasteiger partial charge in [-0.3, -0.25) is 9.48 Å². The van der Waals surface area contributed by atoms with Crippen LogP contribution in [0.4, 0.5) is 5.69 Å². The molecule has 1 amide bonds. The Morgan fingerprint density at radius 2 is 2.33 bits per heavy atom. The second-order valence-electron chi connectivity index (χ2n) is 3.87. The van der Waals surface area contributed by atoms with E-state index in [4.69, 9.17) is 5.73 Å². The normalized spacial score (nSPS) is 10.3. The minimum absolute atomic E-state index is 0.0559. The van der Waals surface area contributed by atoms with Crippen molar-refractivity contribution in [1.82, 2.24) is 15.0 Å². The van der Waals surface area contributed by atoms with Gasteiger partial charge in [-0.15, -0.1) is 5.10 Å². The highest BCUT2D eigenvalue weighted by Gasteiger charge is 2.03. The van der Waals surface area contributed by atoms with Gasteiger partial charge in [0.15, 0.2) is 0 Å². The molecule has 2 rings (SSSR count). The van der Waals surface area contributed by atoms with Crippen molar-refractivity contribution >= 4 is 11.6 Å². The molecular formula is C12H15N5O. The van der Waals surface area contributed by atoms with Crippen LogP contribution in [0.3, 0.4) is 0 Å². The number of hydrogen-bond donors (Lipinski definition) is 2. The standard InChI is InChI=1S/C12H15N5O/c13-9-10-2-1-3-11(8-10)15-12(18)4-6-17-7-5-14-16-17/h1-3,5,7-8H,4,6,9,13H2,(H,15,18). The zero-order chi connectivity index (χ0) is 12.8. The molecule has 2 aromatic rings. The Labute approximate surface area is 105 Å². The van der Waals surface area contributed by atoms with E-state index in [0.717, 1.165) is 11.3 Å². The molecule has 0 bridgehead atoms. The van der Waals surface area contributed by atoms with Gasteiger partial charge >= 0.3 is 0 Å². The number of rotatable bonds is 5. The molecule has 0 saturated heterocycles. The Morgan fingerprint density at radius 3 is 3.06 bits per heavy atom. The number of nitrogens with one attached hydrogen (secondary N) is 1. The quantitative estimate of drug-likeness (QED) is 0.814. The van der Waals surface area contributed by atoms with Crippen molar-refractivity contribution in [3.63, 3.8) is 0 Å². The van der Waals surface area contributed by atoms with Crippen molar-refractivity contribution in [3.8, 4) is 0 Å². The van der Waals surface area contributed by atoms with E-state index in [-0.39, 0.29) is 5.91 Å². The summed E-state index contributed by atoms with van der Waals surface area (Å²) in [5.41, 5.74) is 7.30. The molecule has 0 atom stereocenters. The van der Waals surface area contributed by atoms with Gasteiger partial charge in [-0.2, -0.15) is 0 Å². The number of anilines is 1. The maximum absolute atomic E-state index is 11.7. The molecule has 1 heterocycles. The van der Waals surface area contributed by atoms with E-state index in [0.29, 0.717) is 19.5 Å². The number of nitrogens with two attached hydrogens (primary N) is 1. The summed E-state index contributed by atoms with van der Waals surface area (Å²) in [6, 6.07) is 7.50. The van der Waals surface area contributed by atoms with Crippen molar-refractivity contribution in [2.75, 3.05) is 5.32 Å². The number of benzene rings is 1. The van der Waals surface area contributed by atoms with E-state index in [1.807, 2.05) is 24.3 Å². The molecular weight excluding hydrogens is 230 g/mol. The molecule has 3 N–H and O–H groups in total. The molecule has 0 aliphatic rings. The molecule has 0 aliphatic carbocycles. The van der Waals surface area contributed by atoms with E-state index in [1.165, 1.54) is 0 Å². The van der Waals surface area contributed by atoms with Crippen molar-refractivity contribution in [2.24, 2.45) is 5.73 Å². The number of carbonyl (C=O) groups excluding carboxylic acids is 1. The Bertz CT molecular complexity index is 509. The molecule has 94 valence electrons. The lowest BCUT2D eigenvalue weighted by Crippen LogP contribution is -2.15. The lowest BCUT2D eigenvalue weighted by Gasteiger charge is -2.06. The van der Waals surface area contributed by atoms with Crippen LogP contribution < -0.4 is 11.1 Å². The molecule has 0 unspecified atom stereocenters. The first-order valence-corrected chi connectivity index (χ1v) is 5.71. The van der Waals surface area contributed by atoms with Gasteiger partial charge in [0.2, 0.25) is 5.91 Å². The van der Waals surface area contributed by atoms with Crippen LogP contribution >= 0.6 is 0 Å². The van der Waals surface area contributed by atoms with E-state index >= 15 is 0 Å². The molecule has 0 saturated carbocycles. The van der Waals surface area contributed by atoms with E-state index in [1.54, 1.807) is 17.1 Å². The van der Waals surface area contributed by atoms with Crippen LogP contribution in [0.25, 0.3) is 0 Å². The number of amides is 1.